The van der Waals surface area contributed by atoms with Crippen molar-refractivity contribution in [2.24, 2.45) is 56.7 Å². The van der Waals surface area contributed by atoms with Crippen LogP contribution in [-0.4, -0.2) is 50.1 Å². The fourth-order valence-corrected chi connectivity index (χ4v) is 14.3. The number of nitrogens with one attached hydrogen (secondary N) is 2. The minimum absolute atomic E-state index is 0.00934. The van der Waals surface area contributed by atoms with Gasteiger partial charge in [0.1, 0.15) is 6.10 Å². The molecule has 0 aliphatic heterocycles. The van der Waals surface area contributed by atoms with Crippen LogP contribution in [0.15, 0.2) is 36.4 Å². The maximum Gasteiger partial charge on any atom is 0.337 e. The minimum Gasteiger partial charge on any atom is -0.465 e. The van der Waals surface area contributed by atoms with E-state index >= 15 is 0 Å². The molecule has 0 saturated heterocycles. The van der Waals surface area contributed by atoms with Crippen molar-refractivity contribution in [3.63, 3.8) is 0 Å². The van der Waals surface area contributed by atoms with Crippen molar-refractivity contribution in [1.29, 1.82) is 0 Å². The van der Waals surface area contributed by atoms with Crippen LogP contribution in [0.2, 0.25) is 0 Å². The second-order valence-corrected chi connectivity index (χ2v) is 20.1. The van der Waals surface area contributed by atoms with Gasteiger partial charge in [-0.3, -0.25) is 14.4 Å². The summed E-state index contributed by atoms with van der Waals surface area (Å²) in [5, 5.41) is 6.46. The van der Waals surface area contributed by atoms with Crippen molar-refractivity contribution in [1.82, 2.24) is 10.6 Å². The second-order valence-electron chi connectivity index (χ2n) is 20.1. The van der Waals surface area contributed by atoms with Crippen molar-refractivity contribution in [3.8, 4) is 0 Å². The maximum absolute atomic E-state index is 14.5. The number of fused-ring (bicyclic) bond motifs is 7. The van der Waals surface area contributed by atoms with E-state index < -0.39 is 5.97 Å². The minimum atomic E-state index is -0.418. The highest BCUT2D eigenvalue weighted by molar-refractivity contribution is 5.96. The molecule has 1 aromatic carbocycles. The summed E-state index contributed by atoms with van der Waals surface area (Å²) in [6, 6.07) is 6.50. The number of methoxy groups -OCH3 is 1. The molecule has 56 heavy (non-hydrogen) atoms. The van der Waals surface area contributed by atoms with E-state index in [4.69, 9.17) is 9.47 Å². The lowest BCUT2D eigenvalue weighted by atomic mass is 9.32. The first-order valence-electron chi connectivity index (χ1n) is 22.0. The average molecular weight is 773 g/mol. The van der Waals surface area contributed by atoms with Gasteiger partial charge in [-0.2, -0.15) is 0 Å². The zero-order chi connectivity index (χ0) is 40.7. The lowest BCUT2D eigenvalue weighted by Crippen LogP contribution is -2.67. The van der Waals surface area contributed by atoms with Crippen LogP contribution >= 0.6 is 0 Å². The molecule has 0 aromatic heterocycles. The molecule has 5 aliphatic carbocycles. The molecule has 0 bridgehead atoms. The number of hydrogen-bond donors (Lipinski definition) is 2. The fourth-order valence-electron chi connectivity index (χ4n) is 14.3. The van der Waals surface area contributed by atoms with Crippen LogP contribution in [0.3, 0.4) is 0 Å². The number of allylic oxidation sites excluding steroid dienone is 1. The summed E-state index contributed by atoms with van der Waals surface area (Å²) in [4.78, 5) is 50.8. The molecular formula is C48H72N2O6. The standard InChI is InChI=1S/C48H72N2O6/c1-31(2)35-21-26-48(43(54)50-30-14-12-10-11-13-29-49-41(52)33-15-17-34(18-16-33)42(53)55-9)28-27-46(7)36(40(35)48)19-20-38-45(6)24-23-39(56-32(3)51)44(4,5)37(45)22-25-47(38,46)8/h15-18,35-40H,1,10-14,19-30H2,2-9H3,(H,49,52)(H,50,54)/t35-,36+,37-,38+,39-,40+,45-,46+,47+,48-/m0/s1. The van der Waals surface area contributed by atoms with Crippen molar-refractivity contribution in [3.05, 3.63) is 47.5 Å². The van der Waals surface area contributed by atoms with Crippen LogP contribution in [0.4, 0.5) is 0 Å². The summed E-state index contributed by atoms with van der Waals surface area (Å²) in [7, 11) is 1.34. The summed E-state index contributed by atoms with van der Waals surface area (Å²) in [6.07, 6.45) is 16.0. The molecule has 8 nitrogen and oxygen atoms in total. The van der Waals surface area contributed by atoms with Gasteiger partial charge in [0.05, 0.1) is 18.1 Å². The number of rotatable bonds is 13. The highest BCUT2D eigenvalue weighted by Gasteiger charge is 2.72. The number of unbranched alkanes of at least 4 members (excludes halogenated alkanes) is 4. The number of benzene rings is 1. The van der Waals surface area contributed by atoms with Crippen LogP contribution in [0.5, 0.6) is 0 Å². The number of hydrogen-bond acceptors (Lipinski definition) is 6. The Balaban J connectivity index is 1.03. The molecule has 5 aliphatic rings. The largest absolute Gasteiger partial charge is 0.465 e. The third-order valence-electron chi connectivity index (χ3n) is 17.3. The average Bonchev–Trinajstić information content (AvgIpc) is 3.56. The summed E-state index contributed by atoms with van der Waals surface area (Å²) < 4.78 is 10.7. The third-order valence-corrected chi connectivity index (χ3v) is 17.3. The molecule has 310 valence electrons. The Morgan fingerprint density at radius 1 is 0.714 bits per heavy atom. The zero-order valence-electron chi connectivity index (χ0n) is 36.0. The monoisotopic (exact) mass is 773 g/mol. The highest BCUT2D eigenvalue weighted by atomic mass is 16.5. The number of esters is 2. The van der Waals surface area contributed by atoms with E-state index in [1.807, 2.05) is 0 Å². The van der Waals surface area contributed by atoms with Crippen molar-refractivity contribution < 1.29 is 28.7 Å². The van der Waals surface area contributed by atoms with Gasteiger partial charge in [-0.05, 0) is 154 Å². The van der Waals surface area contributed by atoms with Crippen LogP contribution in [-0.2, 0) is 19.1 Å². The van der Waals surface area contributed by atoms with Gasteiger partial charge < -0.3 is 20.1 Å². The Morgan fingerprint density at radius 3 is 2.00 bits per heavy atom. The lowest BCUT2D eigenvalue weighted by Gasteiger charge is -2.72. The topological polar surface area (TPSA) is 111 Å². The Labute approximate surface area is 337 Å². The zero-order valence-corrected chi connectivity index (χ0v) is 36.0. The van der Waals surface area contributed by atoms with Crippen LogP contribution in [0.1, 0.15) is 165 Å². The molecule has 5 fully saturated rings. The Morgan fingerprint density at radius 2 is 1.36 bits per heavy atom. The number of carbonyl (C=O) groups is 4. The first-order valence-corrected chi connectivity index (χ1v) is 22.0. The molecule has 2 amide bonds. The van der Waals surface area contributed by atoms with E-state index in [2.05, 4.69) is 58.8 Å². The molecule has 6 rings (SSSR count). The molecular weight excluding hydrogens is 701 g/mol. The smallest absolute Gasteiger partial charge is 0.337 e. The van der Waals surface area contributed by atoms with Crippen molar-refractivity contribution >= 4 is 23.8 Å². The predicted molar refractivity (Wildman–Crippen MR) is 221 cm³/mol. The van der Waals surface area contributed by atoms with Crippen LogP contribution < -0.4 is 10.6 Å². The SMILES string of the molecule is C=C(C)[C@@H]1CC[C@]2(C(=O)NCCCCCCCNC(=O)c3ccc(C(=O)OC)cc3)CC[C@]3(C)[C@H](CC[C@@H]4[C@@]5(C)CC[C@H](OC(C)=O)C(C)(C)[C@@H]5CC[C@]43C)[C@@H]12. The highest BCUT2D eigenvalue weighted by Crippen LogP contribution is 2.77. The van der Waals surface area contributed by atoms with E-state index in [1.54, 1.807) is 31.2 Å². The molecule has 0 heterocycles. The normalized spacial score (nSPS) is 36.8. The third kappa shape index (κ3) is 7.27. The van der Waals surface area contributed by atoms with Gasteiger partial charge in [0.25, 0.3) is 5.91 Å². The van der Waals surface area contributed by atoms with Gasteiger partial charge in [0, 0.05) is 31.0 Å². The summed E-state index contributed by atoms with van der Waals surface area (Å²) in [5.41, 5.74) is 2.44. The second kappa shape index (κ2) is 16.2. The first kappa shape index (κ1) is 42.4. The van der Waals surface area contributed by atoms with Gasteiger partial charge in [-0.15, -0.1) is 0 Å². The summed E-state index contributed by atoms with van der Waals surface area (Å²) in [6.45, 7) is 22.2. The molecule has 1 aromatic rings. The van der Waals surface area contributed by atoms with Gasteiger partial charge in [-0.25, -0.2) is 4.79 Å². The van der Waals surface area contributed by atoms with E-state index in [9.17, 15) is 19.2 Å². The Bertz CT molecular complexity index is 1650. The number of amides is 2. The van der Waals surface area contributed by atoms with Gasteiger partial charge in [0.15, 0.2) is 0 Å². The Hall–Kier alpha value is -3.16. The molecule has 2 N–H and O–H groups in total. The predicted octanol–water partition coefficient (Wildman–Crippen LogP) is 9.86. The number of carbonyl (C=O) groups excluding carboxylic acids is 4. The van der Waals surface area contributed by atoms with E-state index in [-0.39, 0.29) is 45.1 Å². The number of ether oxygens (including phenoxy) is 2. The van der Waals surface area contributed by atoms with E-state index in [1.165, 1.54) is 38.4 Å². The molecule has 0 spiro atoms. The van der Waals surface area contributed by atoms with Gasteiger partial charge in [0.2, 0.25) is 5.91 Å². The lowest BCUT2D eigenvalue weighted by molar-refractivity contribution is -0.248. The molecule has 0 unspecified atom stereocenters. The van der Waals surface area contributed by atoms with Gasteiger partial charge >= 0.3 is 11.9 Å². The van der Waals surface area contributed by atoms with Crippen molar-refractivity contribution in [2.45, 2.75) is 151 Å². The fraction of sp³-hybridized carbons (Fsp3) is 0.750. The van der Waals surface area contributed by atoms with Crippen LogP contribution in [0.25, 0.3) is 0 Å². The molecule has 0 radical (unpaired) electrons. The maximum atomic E-state index is 14.5. The Kier molecular flexibility index (Phi) is 12.3. The molecule has 8 heteroatoms. The quantitative estimate of drug-likeness (QED) is 0.117. The van der Waals surface area contributed by atoms with Crippen molar-refractivity contribution in [2.75, 3.05) is 20.2 Å². The molecule has 5 saturated carbocycles. The van der Waals surface area contributed by atoms with E-state index in [0.29, 0.717) is 53.2 Å². The van der Waals surface area contributed by atoms with E-state index in [0.717, 1.165) is 77.2 Å². The first-order chi connectivity index (χ1) is 26.5. The van der Waals surface area contributed by atoms with Gasteiger partial charge in [-0.1, -0.05) is 66.0 Å². The summed E-state index contributed by atoms with van der Waals surface area (Å²) in [5.74, 6) is 1.99. The molecule has 10 atom stereocenters. The van der Waals surface area contributed by atoms with Crippen LogP contribution in [0, 0.1) is 56.7 Å². The summed E-state index contributed by atoms with van der Waals surface area (Å²) >= 11 is 0.